The average Bonchev–Trinajstić information content (AvgIpc) is 3.78. The molecule has 0 saturated carbocycles. The molecular weight excluding hydrogens is 639 g/mol. The minimum absolute atomic E-state index is 0.634. The highest BCUT2D eigenvalue weighted by atomic mass is 16.3. The van der Waals surface area contributed by atoms with E-state index in [2.05, 4.69) is 84.9 Å². The van der Waals surface area contributed by atoms with Gasteiger partial charge in [-0.15, -0.1) is 0 Å². The maximum absolute atomic E-state index is 6.57. The summed E-state index contributed by atoms with van der Waals surface area (Å²) in [5.74, 6) is 1.92. The molecule has 0 spiro atoms. The number of hydrogen-bond acceptors (Lipinski definition) is 5. The summed E-state index contributed by atoms with van der Waals surface area (Å²) >= 11 is 0. The zero-order valence-corrected chi connectivity index (χ0v) is 27.7. The molecule has 0 aliphatic rings. The van der Waals surface area contributed by atoms with Crippen molar-refractivity contribution >= 4 is 65.4 Å². The number of fused-ring (bicyclic) bond motifs is 9. The van der Waals surface area contributed by atoms with E-state index >= 15 is 0 Å². The van der Waals surface area contributed by atoms with Crippen LogP contribution < -0.4 is 0 Å². The summed E-state index contributed by atoms with van der Waals surface area (Å²) in [5, 5.41) is 8.92. The number of nitrogens with zero attached hydrogens (tertiary/aromatic N) is 3. The fourth-order valence-electron chi connectivity index (χ4n) is 7.58. The SMILES string of the molecule is c1ccc(-c2nc(-c3ccccc3)nc(-c3ccc4ccc5cc6oc7cc(-c8cccc9oc%10ccccc%10c89)ccc7c6cc5c4c3)n2)cc1. The Labute approximate surface area is 297 Å². The Morgan fingerprint density at radius 1 is 0.308 bits per heavy atom. The van der Waals surface area contributed by atoms with E-state index in [0.29, 0.717) is 17.5 Å². The van der Waals surface area contributed by atoms with E-state index in [-0.39, 0.29) is 0 Å². The molecule has 0 N–H and O–H groups in total. The Balaban J connectivity index is 1.07. The lowest BCUT2D eigenvalue weighted by Gasteiger charge is -2.10. The molecule has 0 unspecified atom stereocenters. The Kier molecular flexibility index (Phi) is 6.18. The van der Waals surface area contributed by atoms with Gasteiger partial charge in [-0.2, -0.15) is 0 Å². The molecule has 0 radical (unpaired) electrons. The number of hydrogen-bond donors (Lipinski definition) is 0. The van der Waals surface area contributed by atoms with Gasteiger partial charge < -0.3 is 8.83 Å². The smallest absolute Gasteiger partial charge is 0.164 e. The number of para-hydroxylation sites is 1. The van der Waals surface area contributed by atoms with Gasteiger partial charge in [0.15, 0.2) is 17.5 Å². The molecular formula is C47H27N3O2. The van der Waals surface area contributed by atoms with Crippen molar-refractivity contribution in [2.24, 2.45) is 0 Å². The molecule has 0 saturated heterocycles. The molecule has 0 aliphatic carbocycles. The van der Waals surface area contributed by atoms with Crippen LogP contribution in [0.15, 0.2) is 173 Å². The van der Waals surface area contributed by atoms with Gasteiger partial charge in [0.25, 0.3) is 0 Å². The Morgan fingerprint density at radius 3 is 1.69 bits per heavy atom. The van der Waals surface area contributed by atoms with Gasteiger partial charge in [-0.1, -0.05) is 121 Å². The molecule has 5 nitrogen and oxygen atoms in total. The maximum Gasteiger partial charge on any atom is 0.164 e. The van der Waals surface area contributed by atoms with Crippen LogP contribution >= 0.6 is 0 Å². The van der Waals surface area contributed by atoms with E-state index in [4.69, 9.17) is 23.8 Å². The second-order valence-corrected chi connectivity index (χ2v) is 13.2. The lowest BCUT2D eigenvalue weighted by atomic mass is 9.96. The number of benzene rings is 8. The highest BCUT2D eigenvalue weighted by Gasteiger charge is 2.17. The largest absolute Gasteiger partial charge is 0.456 e. The van der Waals surface area contributed by atoms with Gasteiger partial charge in [0.1, 0.15) is 22.3 Å². The number of aromatic nitrogens is 3. The Hall–Kier alpha value is -7.11. The van der Waals surface area contributed by atoms with Crippen LogP contribution in [0.2, 0.25) is 0 Å². The van der Waals surface area contributed by atoms with Crippen LogP contribution in [-0.2, 0) is 0 Å². The highest BCUT2D eigenvalue weighted by Crippen LogP contribution is 2.41. The molecule has 0 amide bonds. The molecule has 3 aromatic heterocycles. The molecule has 0 aliphatic heterocycles. The first-order chi connectivity index (χ1) is 25.7. The normalized spacial score (nSPS) is 11.8. The average molecular weight is 666 g/mol. The number of rotatable bonds is 4. The van der Waals surface area contributed by atoms with Gasteiger partial charge in [-0.25, -0.2) is 15.0 Å². The van der Waals surface area contributed by atoms with Crippen molar-refractivity contribution in [1.29, 1.82) is 0 Å². The molecule has 0 fully saturated rings. The summed E-state index contributed by atoms with van der Waals surface area (Å²) in [6, 6.07) is 56.4. The van der Waals surface area contributed by atoms with Crippen molar-refractivity contribution in [3.63, 3.8) is 0 Å². The quantitative estimate of drug-likeness (QED) is 0.175. The molecule has 52 heavy (non-hydrogen) atoms. The zero-order chi connectivity index (χ0) is 34.2. The van der Waals surface area contributed by atoms with Crippen molar-refractivity contribution in [1.82, 2.24) is 15.0 Å². The maximum atomic E-state index is 6.57. The summed E-state index contributed by atoms with van der Waals surface area (Å²) in [7, 11) is 0. The van der Waals surface area contributed by atoms with Gasteiger partial charge in [-0.3, -0.25) is 0 Å². The van der Waals surface area contributed by atoms with E-state index in [1.165, 1.54) is 0 Å². The Morgan fingerprint density at radius 2 is 0.904 bits per heavy atom. The zero-order valence-electron chi connectivity index (χ0n) is 27.7. The van der Waals surface area contributed by atoms with Gasteiger partial charge in [-0.05, 0) is 75.1 Å². The monoisotopic (exact) mass is 665 g/mol. The van der Waals surface area contributed by atoms with Crippen LogP contribution in [0.5, 0.6) is 0 Å². The van der Waals surface area contributed by atoms with Crippen molar-refractivity contribution in [3.8, 4) is 45.3 Å². The lowest BCUT2D eigenvalue weighted by molar-refractivity contribution is 0.668. The Bertz CT molecular complexity index is 3120. The highest BCUT2D eigenvalue weighted by molar-refractivity contribution is 6.18. The molecule has 0 bridgehead atoms. The second-order valence-electron chi connectivity index (χ2n) is 13.2. The van der Waals surface area contributed by atoms with Crippen LogP contribution in [0.1, 0.15) is 0 Å². The van der Waals surface area contributed by atoms with E-state index in [1.54, 1.807) is 0 Å². The van der Waals surface area contributed by atoms with E-state index < -0.39 is 0 Å². The minimum atomic E-state index is 0.634. The molecule has 8 aromatic carbocycles. The van der Waals surface area contributed by atoms with Crippen LogP contribution in [-0.4, -0.2) is 15.0 Å². The standard InChI is InChI=1S/C47H27N3O2/c1-3-10-29(11-4-1)45-48-46(30-12-5-2-6-13-30)50-47(49-45)33-21-19-28-18-20-32-26-43-39(27-38(32)37(28)24-33)35-23-22-31(25-42(35)52-43)34-15-9-17-41-44(34)36-14-7-8-16-40(36)51-41/h1-27H. The minimum Gasteiger partial charge on any atom is -0.456 e. The van der Waals surface area contributed by atoms with Crippen LogP contribution in [0.25, 0.3) is 111 Å². The third-order valence-electron chi connectivity index (χ3n) is 10.1. The summed E-state index contributed by atoms with van der Waals surface area (Å²) in [6.07, 6.45) is 0. The first kappa shape index (κ1) is 28.7. The van der Waals surface area contributed by atoms with Crippen molar-refractivity contribution in [3.05, 3.63) is 164 Å². The predicted molar refractivity (Wildman–Crippen MR) is 211 cm³/mol. The van der Waals surface area contributed by atoms with Crippen molar-refractivity contribution < 1.29 is 8.83 Å². The first-order valence-corrected chi connectivity index (χ1v) is 17.3. The van der Waals surface area contributed by atoms with E-state index in [0.717, 1.165) is 93.2 Å². The first-order valence-electron chi connectivity index (χ1n) is 17.3. The van der Waals surface area contributed by atoms with Gasteiger partial charge in [0, 0.05) is 38.2 Å². The third kappa shape index (κ3) is 4.53. The topological polar surface area (TPSA) is 65.0 Å². The second kappa shape index (κ2) is 11.2. The van der Waals surface area contributed by atoms with E-state index in [1.807, 2.05) is 78.9 Å². The van der Waals surface area contributed by atoms with Gasteiger partial charge in [0.2, 0.25) is 0 Å². The van der Waals surface area contributed by atoms with Gasteiger partial charge in [0.05, 0.1) is 0 Å². The van der Waals surface area contributed by atoms with Crippen molar-refractivity contribution in [2.75, 3.05) is 0 Å². The molecule has 11 rings (SSSR count). The summed E-state index contributed by atoms with van der Waals surface area (Å²) < 4.78 is 12.8. The molecule has 3 heterocycles. The molecule has 0 atom stereocenters. The van der Waals surface area contributed by atoms with Crippen LogP contribution in [0.4, 0.5) is 0 Å². The molecule has 11 aromatic rings. The fraction of sp³-hybridized carbons (Fsp3) is 0. The summed E-state index contributed by atoms with van der Waals surface area (Å²) in [6.45, 7) is 0. The summed E-state index contributed by atoms with van der Waals surface area (Å²) in [5.41, 5.74) is 8.52. The molecule has 5 heteroatoms. The van der Waals surface area contributed by atoms with Crippen LogP contribution in [0.3, 0.4) is 0 Å². The summed E-state index contributed by atoms with van der Waals surface area (Å²) in [4.78, 5) is 14.9. The van der Waals surface area contributed by atoms with Gasteiger partial charge >= 0.3 is 0 Å². The third-order valence-corrected chi connectivity index (χ3v) is 10.1. The number of furan rings is 2. The molecule has 242 valence electrons. The van der Waals surface area contributed by atoms with E-state index in [9.17, 15) is 0 Å². The van der Waals surface area contributed by atoms with Crippen LogP contribution in [0, 0.1) is 0 Å². The van der Waals surface area contributed by atoms with Crippen molar-refractivity contribution in [2.45, 2.75) is 0 Å². The predicted octanol–water partition coefficient (Wildman–Crippen LogP) is 12.6. The lowest BCUT2D eigenvalue weighted by Crippen LogP contribution is -2.00. The fourth-order valence-corrected chi connectivity index (χ4v) is 7.58.